The molecule has 1 aromatic heterocycles. The van der Waals surface area contributed by atoms with Crippen molar-refractivity contribution in [1.82, 2.24) is 14.9 Å². The molecular formula is C13H18ClFN4O2. The number of nitrogens with zero attached hydrogens (tertiary/aromatic N) is 4. The normalized spacial score (nSPS) is 16.0. The lowest BCUT2D eigenvalue weighted by Gasteiger charge is -2.35. The summed E-state index contributed by atoms with van der Waals surface area (Å²) in [7, 11) is 0. The Kier molecular flexibility index (Phi) is 4.51. The number of amides is 1. The number of hydrogen-bond donors (Lipinski definition) is 0. The number of carbonyl (C=O) groups is 1. The summed E-state index contributed by atoms with van der Waals surface area (Å²) >= 11 is 5.65. The van der Waals surface area contributed by atoms with Crippen LogP contribution >= 0.6 is 11.6 Å². The van der Waals surface area contributed by atoms with E-state index in [1.54, 1.807) is 4.90 Å². The number of carbonyl (C=O) groups excluding carboxylic acids is 1. The van der Waals surface area contributed by atoms with Crippen LogP contribution < -0.4 is 4.90 Å². The lowest BCUT2D eigenvalue weighted by atomic mass is 10.2. The molecule has 1 fully saturated rings. The zero-order chi connectivity index (χ0) is 15.6. The zero-order valence-electron chi connectivity index (χ0n) is 12.3. The summed E-state index contributed by atoms with van der Waals surface area (Å²) in [6, 6.07) is 0. The monoisotopic (exact) mass is 316 g/mol. The Balaban J connectivity index is 1.94. The van der Waals surface area contributed by atoms with Gasteiger partial charge in [0.15, 0.2) is 11.0 Å². The van der Waals surface area contributed by atoms with E-state index >= 15 is 0 Å². The van der Waals surface area contributed by atoms with E-state index in [1.807, 2.05) is 25.7 Å². The summed E-state index contributed by atoms with van der Waals surface area (Å²) in [4.78, 5) is 23.2. The van der Waals surface area contributed by atoms with Crippen LogP contribution in [0.5, 0.6) is 0 Å². The van der Waals surface area contributed by atoms with Gasteiger partial charge in [-0.1, -0.05) is 11.6 Å². The lowest BCUT2D eigenvalue weighted by molar-refractivity contribution is 0.0240. The molecule has 0 radical (unpaired) electrons. The van der Waals surface area contributed by atoms with Crippen LogP contribution in [0.4, 0.5) is 15.1 Å². The molecule has 1 saturated heterocycles. The van der Waals surface area contributed by atoms with Crippen LogP contribution in [0.25, 0.3) is 0 Å². The fourth-order valence-electron chi connectivity index (χ4n) is 1.91. The van der Waals surface area contributed by atoms with E-state index in [0.717, 1.165) is 6.20 Å². The van der Waals surface area contributed by atoms with E-state index in [-0.39, 0.29) is 11.2 Å². The third-order valence-electron chi connectivity index (χ3n) is 2.90. The van der Waals surface area contributed by atoms with Gasteiger partial charge in [-0.15, -0.1) is 0 Å². The van der Waals surface area contributed by atoms with Gasteiger partial charge in [-0.05, 0) is 20.8 Å². The average Bonchev–Trinajstić information content (AvgIpc) is 2.40. The molecule has 2 heterocycles. The molecule has 0 saturated carbocycles. The second-order valence-corrected chi connectivity index (χ2v) is 6.12. The maximum Gasteiger partial charge on any atom is 0.410 e. The minimum Gasteiger partial charge on any atom is -0.444 e. The Morgan fingerprint density at radius 2 is 1.95 bits per heavy atom. The molecule has 0 atom stereocenters. The highest BCUT2D eigenvalue weighted by atomic mass is 35.5. The summed E-state index contributed by atoms with van der Waals surface area (Å²) in [6.45, 7) is 7.56. The van der Waals surface area contributed by atoms with Gasteiger partial charge in [0.05, 0.1) is 6.20 Å². The molecule has 0 bridgehead atoms. The lowest BCUT2D eigenvalue weighted by Crippen LogP contribution is -2.50. The first kappa shape index (κ1) is 15.8. The largest absolute Gasteiger partial charge is 0.444 e. The summed E-state index contributed by atoms with van der Waals surface area (Å²) in [6.07, 6.45) is 0.713. The first-order valence-corrected chi connectivity index (χ1v) is 7.05. The van der Waals surface area contributed by atoms with Crippen LogP contribution in [-0.2, 0) is 4.74 Å². The number of piperazine rings is 1. The molecule has 0 aliphatic carbocycles. The van der Waals surface area contributed by atoms with Crippen molar-refractivity contribution >= 4 is 23.6 Å². The van der Waals surface area contributed by atoms with E-state index < -0.39 is 11.4 Å². The average molecular weight is 317 g/mol. The molecule has 116 valence electrons. The summed E-state index contributed by atoms with van der Waals surface area (Å²) < 4.78 is 18.4. The number of anilines is 1. The first-order chi connectivity index (χ1) is 9.76. The fraction of sp³-hybridized carbons (Fsp3) is 0.615. The predicted octanol–water partition coefficient (Wildman–Crippen LogP) is 2.33. The second-order valence-electron chi connectivity index (χ2n) is 5.76. The molecule has 1 aromatic rings. The molecule has 1 aliphatic heterocycles. The van der Waals surface area contributed by atoms with Crippen molar-refractivity contribution in [2.24, 2.45) is 0 Å². The number of ether oxygens (including phenoxy) is 1. The van der Waals surface area contributed by atoms with Crippen LogP contribution in [0.2, 0.25) is 5.15 Å². The minimum absolute atomic E-state index is 0.199. The summed E-state index contributed by atoms with van der Waals surface area (Å²) in [5.74, 6) is -0.280. The Morgan fingerprint density at radius 3 is 2.48 bits per heavy atom. The van der Waals surface area contributed by atoms with Crippen LogP contribution in [0.1, 0.15) is 20.8 Å². The van der Waals surface area contributed by atoms with Crippen molar-refractivity contribution in [2.45, 2.75) is 26.4 Å². The maximum atomic E-state index is 13.0. The Morgan fingerprint density at radius 1 is 1.33 bits per heavy atom. The molecule has 21 heavy (non-hydrogen) atoms. The first-order valence-electron chi connectivity index (χ1n) is 6.67. The topological polar surface area (TPSA) is 58.6 Å². The van der Waals surface area contributed by atoms with E-state index in [4.69, 9.17) is 16.3 Å². The van der Waals surface area contributed by atoms with Crippen LogP contribution in [0, 0.1) is 5.82 Å². The van der Waals surface area contributed by atoms with Crippen LogP contribution in [0.3, 0.4) is 0 Å². The van der Waals surface area contributed by atoms with Crippen molar-refractivity contribution in [3.8, 4) is 0 Å². The van der Waals surface area contributed by atoms with Gasteiger partial charge >= 0.3 is 6.09 Å². The second kappa shape index (κ2) is 6.01. The molecule has 0 unspecified atom stereocenters. The highest BCUT2D eigenvalue weighted by molar-refractivity contribution is 6.29. The third-order valence-corrected chi connectivity index (χ3v) is 3.17. The van der Waals surface area contributed by atoms with Gasteiger partial charge in [-0.25, -0.2) is 14.2 Å². The molecule has 2 rings (SSSR count). The fourth-order valence-corrected chi connectivity index (χ4v) is 2.03. The van der Waals surface area contributed by atoms with Crippen molar-refractivity contribution in [3.63, 3.8) is 0 Å². The van der Waals surface area contributed by atoms with Gasteiger partial charge in [0.2, 0.25) is 5.95 Å². The summed E-state index contributed by atoms with van der Waals surface area (Å²) in [5, 5.41) is -0.199. The van der Waals surface area contributed by atoms with Gasteiger partial charge < -0.3 is 14.5 Å². The van der Waals surface area contributed by atoms with Gasteiger partial charge in [-0.2, -0.15) is 4.98 Å². The quantitative estimate of drug-likeness (QED) is 0.744. The molecule has 0 N–H and O–H groups in total. The van der Waals surface area contributed by atoms with Gasteiger partial charge in [0, 0.05) is 26.2 Å². The van der Waals surface area contributed by atoms with E-state index in [9.17, 15) is 9.18 Å². The smallest absolute Gasteiger partial charge is 0.410 e. The number of hydrogen-bond acceptors (Lipinski definition) is 5. The van der Waals surface area contributed by atoms with Crippen LogP contribution in [-0.4, -0.2) is 52.7 Å². The Bertz CT molecular complexity index is 527. The van der Waals surface area contributed by atoms with Crippen molar-refractivity contribution in [1.29, 1.82) is 0 Å². The third kappa shape index (κ3) is 4.17. The zero-order valence-corrected chi connectivity index (χ0v) is 13.0. The highest BCUT2D eigenvalue weighted by Gasteiger charge is 2.26. The SMILES string of the molecule is CC(C)(C)OC(=O)N1CCN(c2ncc(F)c(Cl)n2)CC1. The van der Waals surface area contributed by atoms with E-state index in [0.29, 0.717) is 32.1 Å². The molecule has 0 spiro atoms. The van der Waals surface area contributed by atoms with Gasteiger partial charge in [0.25, 0.3) is 0 Å². The highest BCUT2D eigenvalue weighted by Crippen LogP contribution is 2.17. The molecule has 1 amide bonds. The Hall–Kier alpha value is -1.63. The standard InChI is InChI=1S/C13H18ClFN4O2/c1-13(2,3)21-12(20)19-6-4-18(5-7-19)11-16-8-9(15)10(14)17-11/h8H,4-7H2,1-3H3. The molecule has 8 heteroatoms. The maximum absolute atomic E-state index is 13.0. The van der Waals surface area contributed by atoms with Crippen molar-refractivity contribution in [2.75, 3.05) is 31.1 Å². The van der Waals surface area contributed by atoms with Gasteiger partial charge in [0.1, 0.15) is 5.60 Å². The Labute approximate surface area is 127 Å². The van der Waals surface area contributed by atoms with E-state index in [2.05, 4.69) is 9.97 Å². The summed E-state index contributed by atoms with van der Waals surface area (Å²) in [5.41, 5.74) is -0.512. The molecule has 6 nitrogen and oxygen atoms in total. The number of aromatic nitrogens is 2. The van der Waals surface area contributed by atoms with E-state index in [1.165, 1.54) is 0 Å². The van der Waals surface area contributed by atoms with Crippen molar-refractivity contribution in [3.05, 3.63) is 17.2 Å². The van der Waals surface area contributed by atoms with Crippen molar-refractivity contribution < 1.29 is 13.9 Å². The molecule has 0 aromatic carbocycles. The molecular weight excluding hydrogens is 299 g/mol. The number of rotatable bonds is 1. The molecule has 1 aliphatic rings. The van der Waals surface area contributed by atoms with Gasteiger partial charge in [-0.3, -0.25) is 0 Å². The minimum atomic E-state index is -0.646. The number of halogens is 2. The predicted molar refractivity (Wildman–Crippen MR) is 77.0 cm³/mol. The van der Waals surface area contributed by atoms with Crippen LogP contribution in [0.15, 0.2) is 6.20 Å².